The summed E-state index contributed by atoms with van der Waals surface area (Å²) in [5.74, 6) is -1.40. The van der Waals surface area contributed by atoms with E-state index in [-0.39, 0.29) is 42.3 Å². The topological polar surface area (TPSA) is 94.9 Å². The van der Waals surface area contributed by atoms with Crippen molar-refractivity contribution in [2.75, 3.05) is 13.2 Å². The predicted molar refractivity (Wildman–Crippen MR) is 61.5 cm³/mol. The van der Waals surface area contributed by atoms with Crippen LogP contribution in [0, 0.1) is 0 Å². The van der Waals surface area contributed by atoms with Gasteiger partial charge in [-0.2, -0.15) is 0 Å². The van der Waals surface area contributed by atoms with E-state index in [0.29, 0.717) is 0 Å². The zero-order valence-electron chi connectivity index (χ0n) is 9.46. The second-order valence-electron chi connectivity index (χ2n) is 3.85. The van der Waals surface area contributed by atoms with E-state index in [1.165, 1.54) is 11.8 Å². The van der Waals surface area contributed by atoms with Crippen LogP contribution in [0.3, 0.4) is 0 Å². The lowest BCUT2D eigenvalue weighted by Gasteiger charge is -2.23. The number of thioether (sulfide) groups is 1. The Bertz CT molecular complexity index is 333. The van der Waals surface area contributed by atoms with Gasteiger partial charge >= 0.3 is 5.97 Å². The van der Waals surface area contributed by atoms with Crippen LogP contribution in [-0.4, -0.2) is 56.5 Å². The van der Waals surface area contributed by atoms with Crippen molar-refractivity contribution in [3.05, 3.63) is 0 Å². The quantitative estimate of drug-likeness (QED) is 0.705. The second-order valence-corrected chi connectivity index (χ2v) is 5.33. The molecule has 1 amide bonds. The molecule has 17 heavy (non-hydrogen) atoms. The standard InChI is InChI=1S/C10H15NO5S/c1-6(13)17-7-4-9(14)11(5-7)8(2-3-12)10(15)16/h7-8,12H,2-5H2,1H3,(H,15,16)/t7?,8-/m0/s1. The third-order valence-electron chi connectivity index (χ3n) is 2.52. The summed E-state index contributed by atoms with van der Waals surface area (Å²) < 4.78 is 0. The summed E-state index contributed by atoms with van der Waals surface area (Å²) in [7, 11) is 0. The van der Waals surface area contributed by atoms with E-state index in [1.807, 2.05) is 0 Å². The van der Waals surface area contributed by atoms with Crippen molar-refractivity contribution in [2.24, 2.45) is 0 Å². The highest BCUT2D eigenvalue weighted by Gasteiger charge is 2.38. The lowest BCUT2D eigenvalue weighted by atomic mass is 10.2. The van der Waals surface area contributed by atoms with Crippen LogP contribution in [0.25, 0.3) is 0 Å². The van der Waals surface area contributed by atoms with Crippen molar-refractivity contribution in [3.8, 4) is 0 Å². The smallest absolute Gasteiger partial charge is 0.326 e. The van der Waals surface area contributed by atoms with Gasteiger partial charge in [-0.15, -0.1) is 0 Å². The van der Waals surface area contributed by atoms with Crippen molar-refractivity contribution >= 4 is 28.8 Å². The number of carbonyl (C=O) groups is 3. The van der Waals surface area contributed by atoms with Gasteiger partial charge in [-0.3, -0.25) is 9.59 Å². The van der Waals surface area contributed by atoms with Crippen LogP contribution < -0.4 is 0 Å². The van der Waals surface area contributed by atoms with Gasteiger partial charge in [0.1, 0.15) is 6.04 Å². The minimum Gasteiger partial charge on any atom is -0.480 e. The second kappa shape index (κ2) is 6.02. The first-order valence-electron chi connectivity index (χ1n) is 5.26. The lowest BCUT2D eigenvalue weighted by molar-refractivity contribution is -0.148. The summed E-state index contributed by atoms with van der Waals surface area (Å²) in [5.41, 5.74) is 0. The van der Waals surface area contributed by atoms with Gasteiger partial charge in [0.15, 0.2) is 5.12 Å². The SMILES string of the molecule is CC(=O)SC1CC(=O)N([C@@H](CCO)C(=O)O)C1. The highest BCUT2D eigenvalue weighted by molar-refractivity contribution is 8.14. The van der Waals surface area contributed by atoms with Crippen LogP contribution in [-0.2, 0) is 14.4 Å². The number of likely N-dealkylation sites (tertiary alicyclic amines) is 1. The van der Waals surface area contributed by atoms with Crippen molar-refractivity contribution in [3.63, 3.8) is 0 Å². The molecule has 2 N–H and O–H groups in total. The largest absolute Gasteiger partial charge is 0.480 e. The molecule has 1 rings (SSSR count). The average Bonchev–Trinajstić information content (AvgIpc) is 2.54. The number of aliphatic carboxylic acids is 1. The van der Waals surface area contributed by atoms with E-state index in [1.54, 1.807) is 0 Å². The molecule has 0 bridgehead atoms. The van der Waals surface area contributed by atoms with E-state index in [2.05, 4.69) is 0 Å². The first kappa shape index (κ1) is 14.0. The van der Waals surface area contributed by atoms with Crippen LogP contribution >= 0.6 is 11.8 Å². The van der Waals surface area contributed by atoms with Crippen molar-refractivity contribution in [1.29, 1.82) is 0 Å². The molecule has 0 aliphatic carbocycles. The zero-order valence-corrected chi connectivity index (χ0v) is 10.3. The maximum absolute atomic E-state index is 11.6. The molecular formula is C10H15NO5S. The fourth-order valence-electron chi connectivity index (χ4n) is 1.85. The number of carbonyl (C=O) groups excluding carboxylic acids is 2. The predicted octanol–water partition coefficient (Wildman–Crippen LogP) is -0.297. The molecule has 1 saturated heterocycles. The van der Waals surface area contributed by atoms with Crippen LogP contribution in [0.15, 0.2) is 0 Å². The third-order valence-corrected chi connectivity index (χ3v) is 3.50. The molecule has 0 saturated carbocycles. The average molecular weight is 261 g/mol. The molecule has 0 spiro atoms. The molecule has 0 aromatic rings. The molecule has 2 atom stereocenters. The minimum atomic E-state index is -1.12. The number of aliphatic hydroxyl groups is 1. The number of carboxylic acid groups (broad SMARTS) is 1. The van der Waals surface area contributed by atoms with E-state index in [4.69, 9.17) is 10.2 Å². The Balaban J connectivity index is 2.67. The molecule has 1 unspecified atom stereocenters. The summed E-state index contributed by atoms with van der Waals surface area (Å²) in [6.45, 7) is 1.38. The Hall–Kier alpha value is -1.08. The summed E-state index contributed by atoms with van der Waals surface area (Å²) in [6.07, 6.45) is 0.192. The zero-order chi connectivity index (χ0) is 13.0. The van der Waals surface area contributed by atoms with E-state index in [0.717, 1.165) is 11.8 Å². The number of hydrogen-bond acceptors (Lipinski definition) is 5. The third kappa shape index (κ3) is 3.71. The highest BCUT2D eigenvalue weighted by Crippen LogP contribution is 2.26. The molecular weight excluding hydrogens is 246 g/mol. The molecule has 1 fully saturated rings. The van der Waals surface area contributed by atoms with Crippen molar-refractivity contribution < 1.29 is 24.6 Å². The maximum Gasteiger partial charge on any atom is 0.326 e. The summed E-state index contributed by atoms with van der Waals surface area (Å²) in [6, 6.07) is -0.995. The molecule has 1 heterocycles. The van der Waals surface area contributed by atoms with Gasteiger partial charge in [-0.05, 0) is 0 Å². The van der Waals surface area contributed by atoms with Gasteiger partial charge in [0.2, 0.25) is 5.91 Å². The summed E-state index contributed by atoms with van der Waals surface area (Å²) >= 11 is 1.06. The number of nitrogens with zero attached hydrogens (tertiary/aromatic N) is 1. The first-order valence-corrected chi connectivity index (χ1v) is 6.14. The van der Waals surface area contributed by atoms with Gasteiger partial charge in [-0.1, -0.05) is 11.8 Å². The normalized spacial score (nSPS) is 21.6. The van der Waals surface area contributed by atoms with Gasteiger partial charge in [0.05, 0.1) is 0 Å². The Labute approximate surface area is 103 Å². The molecule has 1 aliphatic heterocycles. The Kier molecular flexibility index (Phi) is 4.95. The Morgan fingerprint density at radius 1 is 1.59 bits per heavy atom. The molecule has 0 radical (unpaired) electrons. The number of hydrogen-bond donors (Lipinski definition) is 2. The summed E-state index contributed by atoms with van der Waals surface area (Å²) in [5, 5.41) is 17.5. The van der Waals surface area contributed by atoms with Crippen LogP contribution in [0.2, 0.25) is 0 Å². The van der Waals surface area contributed by atoms with Crippen molar-refractivity contribution in [1.82, 2.24) is 4.90 Å². The fraction of sp³-hybridized carbons (Fsp3) is 0.700. The highest BCUT2D eigenvalue weighted by atomic mass is 32.2. The van der Waals surface area contributed by atoms with Gasteiger partial charge < -0.3 is 15.1 Å². The van der Waals surface area contributed by atoms with E-state index in [9.17, 15) is 14.4 Å². The molecule has 1 aliphatic rings. The molecule has 0 aromatic heterocycles. The maximum atomic E-state index is 11.6. The Morgan fingerprint density at radius 2 is 2.24 bits per heavy atom. The van der Waals surface area contributed by atoms with Crippen LogP contribution in [0.4, 0.5) is 0 Å². The lowest BCUT2D eigenvalue weighted by Crippen LogP contribution is -2.43. The van der Waals surface area contributed by atoms with Crippen LogP contribution in [0.1, 0.15) is 19.8 Å². The fourth-order valence-corrected chi connectivity index (χ4v) is 2.78. The molecule has 6 nitrogen and oxygen atoms in total. The molecule has 7 heteroatoms. The number of carboxylic acids is 1. The number of aliphatic hydroxyl groups excluding tert-OH is 1. The van der Waals surface area contributed by atoms with Gasteiger partial charge in [0.25, 0.3) is 0 Å². The Morgan fingerprint density at radius 3 is 2.71 bits per heavy atom. The number of rotatable bonds is 5. The monoisotopic (exact) mass is 261 g/mol. The minimum absolute atomic E-state index is 0.0124. The van der Waals surface area contributed by atoms with E-state index < -0.39 is 12.0 Å². The van der Waals surface area contributed by atoms with Crippen molar-refractivity contribution in [2.45, 2.75) is 31.1 Å². The molecule has 0 aromatic carbocycles. The van der Waals surface area contributed by atoms with Crippen LogP contribution in [0.5, 0.6) is 0 Å². The first-order chi connectivity index (χ1) is 7.95. The number of amides is 1. The summed E-state index contributed by atoms with van der Waals surface area (Å²) in [4.78, 5) is 34.8. The molecule has 96 valence electrons. The van der Waals surface area contributed by atoms with Gasteiger partial charge in [-0.25, -0.2) is 4.79 Å². The van der Waals surface area contributed by atoms with Gasteiger partial charge in [0, 0.05) is 38.2 Å². The van der Waals surface area contributed by atoms with E-state index >= 15 is 0 Å².